The van der Waals surface area contributed by atoms with Gasteiger partial charge in [-0.25, -0.2) is 14.0 Å². The van der Waals surface area contributed by atoms with Gasteiger partial charge >= 0.3 is 12.0 Å². The van der Waals surface area contributed by atoms with Crippen molar-refractivity contribution in [1.82, 2.24) is 14.8 Å². The van der Waals surface area contributed by atoms with Crippen LogP contribution in [0.25, 0.3) is 11.8 Å². The van der Waals surface area contributed by atoms with Gasteiger partial charge < -0.3 is 19.0 Å². The number of esters is 1. The molecular formula is C21H16FN3O5. The number of furan rings is 1. The van der Waals surface area contributed by atoms with Gasteiger partial charge in [0.15, 0.2) is 0 Å². The summed E-state index contributed by atoms with van der Waals surface area (Å²) >= 11 is 0. The minimum Gasteiger partial charge on any atom is -0.463 e. The maximum Gasteiger partial charge on any atom is 0.373 e. The van der Waals surface area contributed by atoms with Crippen molar-refractivity contribution in [3.05, 3.63) is 83.5 Å². The first-order chi connectivity index (χ1) is 14.5. The maximum absolute atomic E-state index is 13.2. The Labute approximate surface area is 170 Å². The Morgan fingerprint density at radius 2 is 1.93 bits per heavy atom. The van der Waals surface area contributed by atoms with Crippen molar-refractivity contribution in [2.45, 2.75) is 6.54 Å². The Morgan fingerprint density at radius 3 is 2.67 bits per heavy atom. The van der Waals surface area contributed by atoms with Gasteiger partial charge in [0, 0.05) is 17.6 Å². The Balaban J connectivity index is 1.55. The molecule has 8 nitrogen and oxygen atoms in total. The molecule has 4 rings (SSSR count). The summed E-state index contributed by atoms with van der Waals surface area (Å²) in [6.45, 7) is -0.141. The van der Waals surface area contributed by atoms with E-state index in [9.17, 15) is 18.8 Å². The van der Waals surface area contributed by atoms with E-state index in [0.29, 0.717) is 11.4 Å². The zero-order valence-electron chi connectivity index (χ0n) is 15.8. The molecule has 0 saturated carbocycles. The second kappa shape index (κ2) is 7.70. The van der Waals surface area contributed by atoms with E-state index in [1.54, 1.807) is 35.0 Å². The summed E-state index contributed by atoms with van der Waals surface area (Å²) in [6.07, 6.45) is 3.29. The molecule has 0 atom stereocenters. The van der Waals surface area contributed by atoms with Crippen LogP contribution in [0.3, 0.4) is 0 Å². The lowest BCUT2D eigenvalue weighted by Crippen LogP contribution is -2.30. The number of carbonyl (C=O) groups excluding carboxylic acids is 3. The van der Waals surface area contributed by atoms with E-state index in [4.69, 9.17) is 4.42 Å². The fourth-order valence-electron chi connectivity index (χ4n) is 3.04. The molecule has 1 fully saturated rings. The molecule has 3 aromatic rings. The third-order valence-corrected chi connectivity index (χ3v) is 4.50. The normalized spacial score (nSPS) is 15.0. The van der Waals surface area contributed by atoms with Gasteiger partial charge in [-0.3, -0.25) is 9.69 Å². The van der Waals surface area contributed by atoms with E-state index in [2.05, 4.69) is 10.1 Å². The molecule has 1 aliphatic rings. The average Bonchev–Trinajstić information content (AvgIpc) is 3.45. The number of halogens is 1. The quantitative estimate of drug-likeness (QED) is 0.397. The molecule has 1 N–H and O–H groups in total. The molecular weight excluding hydrogens is 393 g/mol. The molecule has 1 aromatic carbocycles. The lowest BCUT2D eigenvalue weighted by molar-refractivity contribution is -0.123. The molecule has 0 spiro atoms. The van der Waals surface area contributed by atoms with Gasteiger partial charge in [0.25, 0.3) is 5.91 Å². The molecule has 152 valence electrons. The van der Waals surface area contributed by atoms with Gasteiger partial charge in [-0.2, -0.15) is 0 Å². The molecule has 0 aliphatic carbocycles. The van der Waals surface area contributed by atoms with Crippen molar-refractivity contribution in [3.63, 3.8) is 0 Å². The van der Waals surface area contributed by atoms with E-state index in [1.165, 1.54) is 37.5 Å². The average molecular weight is 409 g/mol. The van der Waals surface area contributed by atoms with Gasteiger partial charge in [-0.1, -0.05) is 0 Å². The Bertz CT molecular complexity index is 1160. The standard InChI is InChI=1S/C21H16FN3O5/c1-29-20(27)18-9-8-16(30-18)12-25-19(26)17(23-21(25)28)11-15-3-2-10-24(15)14-6-4-13(22)5-7-14/h2-11H,12H2,1H3,(H,23,28). The number of hydrogen-bond donors (Lipinski definition) is 1. The van der Waals surface area contributed by atoms with Crippen LogP contribution >= 0.6 is 0 Å². The van der Waals surface area contributed by atoms with Crippen LogP contribution in [0.5, 0.6) is 0 Å². The smallest absolute Gasteiger partial charge is 0.373 e. The number of methoxy groups -OCH3 is 1. The summed E-state index contributed by atoms with van der Waals surface area (Å²) in [5.41, 5.74) is 1.41. The van der Waals surface area contributed by atoms with Crippen LogP contribution in [0.1, 0.15) is 22.0 Å². The maximum atomic E-state index is 13.2. The number of nitrogens with zero attached hydrogens (tertiary/aromatic N) is 2. The van der Waals surface area contributed by atoms with Crippen LogP contribution in [0.15, 0.2) is 64.8 Å². The van der Waals surface area contributed by atoms with E-state index < -0.39 is 17.9 Å². The largest absolute Gasteiger partial charge is 0.463 e. The summed E-state index contributed by atoms with van der Waals surface area (Å²) in [7, 11) is 1.22. The highest BCUT2D eigenvalue weighted by Gasteiger charge is 2.34. The minimum atomic E-state index is -0.652. The SMILES string of the molecule is COC(=O)c1ccc(CN2C(=O)NC(=Cc3cccn3-c3ccc(F)cc3)C2=O)o1. The Hall–Kier alpha value is -4.14. The summed E-state index contributed by atoms with van der Waals surface area (Å²) in [5.74, 6) is -1.31. The number of imide groups is 1. The molecule has 9 heteroatoms. The number of benzene rings is 1. The third kappa shape index (κ3) is 3.60. The highest BCUT2D eigenvalue weighted by atomic mass is 19.1. The lowest BCUT2D eigenvalue weighted by Gasteiger charge is -2.09. The summed E-state index contributed by atoms with van der Waals surface area (Å²) in [5, 5.41) is 2.53. The fraction of sp³-hybridized carbons (Fsp3) is 0.0952. The third-order valence-electron chi connectivity index (χ3n) is 4.50. The van der Waals surface area contributed by atoms with Crippen LogP contribution in [-0.2, 0) is 16.1 Å². The predicted octanol–water partition coefficient (Wildman–Crippen LogP) is 3.09. The molecule has 1 saturated heterocycles. The van der Waals surface area contributed by atoms with Crippen molar-refractivity contribution in [2.24, 2.45) is 0 Å². The number of amides is 3. The molecule has 1 aliphatic heterocycles. The Morgan fingerprint density at radius 1 is 1.17 bits per heavy atom. The Kier molecular flexibility index (Phi) is 4.93. The zero-order chi connectivity index (χ0) is 21.3. The van der Waals surface area contributed by atoms with E-state index in [0.717, 1.165) is 4.90 Å². The van der Waals surface area contributed by atoms with Crippen molar-refractivity contribution in [1.29, 1.82) is 0 Å². The van der Waals surface area contributed by atoms with Crippen LogP contribution in [0.4, 0.5) is 9.18 Å². The molecule has 30 heavy (non-hydrogen) atoms. The molecule has 0 bridgehead atoms. The number of rotatable bonds is 5. The van der Waals surface area contributed by atoms with Gasteiger partial charge in [-0.05, 0) is 54.6 Å². The first-order valence-corrected chi connectivity index (χ1v) is 8.91. The number of aromatic nitrogens is 1. The van der Waals surface area contributed by atoms with Gasteiger partial charge in [0.2, 0.25) is 5.76 Å². The monoisotopic (exact) mass is 409 g/mol. The summed E-state index contributed by atoms with van der Waals surface area (Å²) in [4.78, 5) is 37.5. The number of urea groups is 1. The van der Waals surface area contributed by atoms with Crippen molar-refractivity contribution >= 4 is 24.0 Å². The van der Waals surface area contributed by atoms with Gasteiger partial charge in [-0.15, -0.1) is 0 Å². The highest BCUT2D eigenvalue weighted by Crippen LogP contribution is 2.21. The highest BCUT2D eigenvalue weighted by molar-refractivity contribution is 6.13. The van der Waals surface area contributed by atoms with E-state index in [-0.39, 0.29) is 29.6 Å². The molecule has 0 radical (unpaired) electrons. The second-order valence-corrected chi connectivity index (χ2v) is 6.42. The first kappa shape index (κ1) is 19.2. The molecule has 0 unspecified atom stereocenters. The first-order valence-electron chi connectivity index (χ1n) is 8.91. The molecule has 2 aromatic heterocycles. The predicted molar refractivity (Wildman–Crippen MR) is 103 cm³/mol. The molecule has 3 amide bonds. The van der Waals surface area contributed by atoms with Crippen LogP contribution in [0, 0.1) is 5.82 Å². The van der Waals surface area contributed by atoms with Crippen molar-refractivity contribution in [2.75, 3.05) is 7.11 Å². The zero-order valence-corrected chi connectivity index (χ0v) is 15.8. The minimum absolute atomic E-state index is 0.0209. The van der Waals surface area contributed by atoms with Crippen LogP contribution < -0.4 is 5.32 Å². The van der Waals surface area contributed by atoms with Gasteiger partial charge in [0.1, 0.15) is 17.3 Å². The molecule has 3 heterocycles. The van der Waals surface area contributed by atoms with E-state index >= 15 is 0 Å². The number of carbonyl (C=O) groups is 3. The van der Waals surface area contributed by atoms with Crippen LogP contribution in [0.2, 0.25) is 0 Å². The van der Waals surface area contributed by atoms with Crippen molar-refractivity contribution in [3.8, 4) is 5.69 Å². The summed E-state index contributed by atoms with van der Waals surface area (Å²) < 4.78 is 24.8. The fourth-order valence-corrected chi connectivity index (χ4v) is 3.04. The van der Waals surface area contributed by atoms with Crippen LogP contribution in [-0.4, -0.2) is 34.5 Å². The van der Waals surface area contributed by atoms with Gasteiger partial charge in [0.05, 0.1) is 13.7 Å². The van der Waals surface area contributed by atoms with E-state index in [1.807, 2.05) is 0 Å². The van der Waals surface area contributed by atoms with Crippen molar-refractivity contribution < 1.29 is 27.9 Å². The number of ether oxygens (including phenoxy) is 1. The summed E-state index contributed by atoms with van der Waals surface area (Å²) in [6, 6.07) is 11.7. The topological polar surface area (TPSA) is 93.8 Å². The number of nitrogens with one attached hydrogen (secondary N) is 1. The lowest BCUT2D eigenvalue weighted by atomic mass is 10.2. The number of hydrogen-bond acceptors (Lipinski definition) is 5. The second-order valence-electron chi connectivity index (χ2n) is 6.42.